The van der Waals surface area contributed by atoms with Crippen LogP contribution in [-0.2, 0) is 14.3 Å². The second kappa shape index (κ2) is 11.5. The van der Waals surface area contributed by atoms with Crippen LogP contribution in [0.1, 0.15) is 52.9 Å². The van der Waals surface area contributed by atoms with Crippen LogP contribution in [0.3, 0.4) is 0 Å². The number of hydrogen-bond donors (Lipinski definition) is 4. The molecule has 0 spiro atoms. The van der Waals surface area contributed by atoms with E-state index in [-0.39, 0.29) is 17.9 Å². The zero-order chi connectivity index (χ0) is 26.4. The van der Waals surface area contributed by atoms with Gasteiger partial charge in [-0.05, 0) is 48.2 Å². The number of nitrogens with two attached hydrogens (primary N) is 1. The molecule has 8 nitrogen and oxygen atoms in total. The summed E-state index contributed by atoms with van der Waals surface area (Å²) in [4.78, 5) is 36.1. The topological polar surface area (TPSA) is 123 Å². The average Bonchev–Trinajstić information content (AvgIpc) is 3.24. The first-order chi connectivity index (χ1) is 17.9. The predicted molar refractivity (Wildman–Crippen MR) is 145 cm³/mol. The van der Waals surface area contributed by atoms with Gasteiger partial charge in [0, 0.05) is 30.8 Å². The molecule has 0 bridgehead atoms. The van der Waals surface area contributed by atoms with Crippen molar-refractivity contribution in [1.29, 1.82) is 0 Å². The molecule has 1 aliphatic heterocycles. The van der Waals surface area contributed by atoms with Gasteiger partial charge in [-0.2, -0.15) is 0 Å². The fourth-order valence-corrected chi connectivity index (χ4v) is 4.26. The Morgan fingerprint density at radius 3 is 2.41 bits per heavy atom. The van der Waals surface area contributed by atoms with Crippen LogP contribution >= 0.6 is 0 Å². The lowest BCUT2D eigenvalue weighted by atomic mass is 9.98. The molecule has 4 rings (SSSR count). The summed E-state index contributed by atoms with van der Waals surface area (Å²) < 4.78 is 4.81. The minimum atomic E-state index is -0.468. The number of amides is 2. The molecule has 0 radical (unpaired) electrons. The van der Waals surface area contributed by atoms with Gasteiger partial charge >= 0.3 is 5.97 Å². The fraction of sp³-hybridized carbons (Fsp3) is 0.207. The van der Waals surface area contributed by atoms with Crippen molar-refractivity contribution in [2.24, 2.45) is 5.73 Å². The third kappa shape index (κ3) is 6.05. The first-order valence-corrected chi connectivity index (χ1v) is 12.1. The SMILES string of the molecule is COC(=O)c1ccc2c(c1)NC(=O)C2=C(Nc1ccc(C(N)CCCNC(C)=O)cc1)c1ccccc1. The van der Waals surface area contributed by atoms with Gasteiger partial charge < -0.3 is 26.4 Å². The molecule has 1 heterocycles. The average molecular weight is 499 g/mol. The van der Waals surface area contributed by atoms with E-state index in [0.29, 0.717) is 34.6 Å². The summed E-state index contributed by atoms with van der Waals surface area (Å²) in [6.45, 7) is 2.10. The Hall–Kier alpha value is -4.43. The molecule has 0 aromatic heterocycles. The number of fused-ring (bicyclic) bond motifs is 1. The summed E-state index contributed by atoms with van der Waals surface area (Å²) in [6.07, 6.45) is 1.54. The minimum absolute atomic E-state index is 0.0465. The maximum Gasteiger partial charge on any atom is 0.337 e. The molecule has 3 aromatic carbocycles. The Bertz CT molecular complexity index is 1330. The quantitative estimate of drug-likeness (QED) is 0.198. The van der Waals surface area contributed by atoms with Crippen LogP contribution in [0.15, 0.2) is 72.8 Å². The number of rotatable bonds is 9. The van der Waals surface area contributed by atoms with Crippen molar-refractivity contribution in [3.8, 4) is 0 Å². The number of ether oxygens (including phenoxy) is 1. The number of hydrogen-bond acceptors (Lipinski definition) is 6. The van der Waals surface area contributed by atoms with Gasteiger partial charge in [0.25, 0.3) is 5.91 Å². The van der Waals surface area contributed by atoms with Gasteiger partial charge in [0.2, 0.25) is 5.91 Å². The Morgan fingerprint density at radius 2 is 1.73 bits per heavy atom. The second-order valence-corrected chi connectivity index (χ2v) is 8.80. The summed E-state index contributed by atoms with van der Waals surface area (Å²) in [6, 6.07) is 22.3. The monoisotopic (exact) mass is 498 g/mol. The van der Waals surface area contributed by atoms with E-state index in [2.05, 4.69) is 16.0 Å². The van der Waals surface area contributed by atoms with Crippen molar-refractivity contribution >= 4 is 40.4 Å². The fourth-order valence-electron chi connectivity index (χ4n) is 4.26. The van der Waals surface area contributed by atoms with Gasteiger partial charge in [-0.1, -0.05) is 48.5 Å². The zero-order valence-corrected chi connectivity index (χ0v) is 20.8. The Morgan fingerprint density at radius 1 is 1.00 bits per heavy atom. The van der Waals surface area contributed by atoms with Gasteiger partial charge in [-0.25, -0.2) is 4.79 Å². The highest BCUT2D eigenvalue weighted by Crippen LogP contribution is 2.38. The van der Waals surface area contributed by atoms with Crippen LogP contribution < -0.4 is 21.7 Å². The lowest BCUT2D eigenvalue weighted by Crippen LogP contribution is -2.22. The molecule has 0 fully saturated rings. The van der Waals surface area contributed by atoms with Crippen LogP contribution in [0.25, 0.3) is 11.3 Å². The van der Waals surface area contributed by atoms with Gasteiger partial charge in [-0.15, -0.1) is 0 Å². The van der Waals surface area contributed by atoms with Crippen LogP contribution in [0.4, 0.5) is 11.4 Å². The number of carbonyl (C=O) groups is 3. The molecule has 5 N–H and O–H groups in total. The number of carbonyl (C=O) groups excluding carboxylic acids is 3. The molecule has 190 valence electrons. The zero-order valence-electron chi connectivity index (χ0n) is 20.8. The molecule has 37 heavy (non-hydrogen) atoms. The third-order valence-corrected chi connectivity index (χ3v) is 6.17. The molecule has 0 aliphatic carbocycles. The van der Waals surface area contributed by atoms with E-state index in [9.17, 15) is 14.4 Å². The lowest BCUT2D eigenvalue weighted by Gasteiger charge is -2.16. The van der Waals surface area contributed by atoms with Crippen molar-refractivity contribution in [1.82, 2.24) is 5.32 Å². The molecular weight excluding hydrogens is 468 g/mol. The van der Waals surface area contributed by atoms with Gasteiger partial charge in [-0.3, -0.25) is 9.59 Å². The molecule has 3 aromatic rings. The number of methoxy groups -OCH3 is 1. The summed E-state index contributed by atoms with van der Waals surface area (Å²) in [5.41, 5.74) is 11.7. The van der Waals surface area contributed by atoms with E-state index in [1.165, 1.54) is 14.0 Å². The smallest absolute Gasteiger partial charge is 0.337 e. The largest absolute Gasteiger partial charge is 0.465 e. The van der Waals surface area contributed by atoms with Crippen LogP contribution in [0, 0.1) is 0 Å². The van der Waals surface area contributed by atoms with E-state index >= 15 is 0 Å². The van der Waals surface area contributed by atoms with Crippen LogP contribution in [-0.4, -0.2) is 31.4 Å². The van der Waals surface area contributed by atoms with Crippen LogP contribution in [0.5, 0.6) is 0 Å². The van der Waals surface area contributed by atoms with E-state index < -0.39 is 5.97 Å². The molecule has 0 saturated carbocycles. The van der Waals surface area contributed by atoms with E-state index in [1.807, 2.05) is 54.6 Å². The Labute approximate surface area is 215 Å². The van der Waals surface area contributed by atoms with E-state index in [0.717, 1.165) is 29.7 Å². The second-order valence-electron chi connectivity index (χ2n) is 8.80. The van der Waals surface area contributed by atoms with Crippen molar-refractivity contribution in [2.45, 2.75) is 25.8 Å². The first-order valence-electron chi connectivity index (χ1n) is 12.1. The van der Waals surface area contributed by atoms with Crippen LogP contribution in [0.2, 0.25) is 0 Å². The number of esters is 1. The van der Waals surface area contributed by atoms with Crippen molar-refractivity contribution < 1.29 is 19.1 Å². The molecule has 8 heteroatoms. The highest BCUT2D eigenvalue weighted by Gasteiger charge is 2.29. The summed E-state index contributed by atoms with van der Waals surface area (Å²) in [5, 5.41) is 9.08. The number of benzene rings is 3. The lowest BCUT2D eigenvalue weighted by molar-refractivity contribution is -0.119. The van der Waals surface area contributed by atoms with Crippen molar-refractivity contribution in [3.63, 3.8) is 0 Å². The first kappa shape index (κ1) is 25.7. The molecule has 1 atom stereocenters. The predicted octanol–water partition coefficient (Wildman–Crippen LogP) is 4.32. The summed E-state index contributed by atoms with van der Waals surface area (Å²) in [5.74, 6) is -0.778. The van der Waals surface area contributed by atoms with E-state index in [4.69, 9.17) is 10.5 Å². The maximum atomic E-state index is 13.1. The summed E-state index contributed by atoms with van der Waals surface area (Å²) >= 11 is 0. The number of anilines is 2. The Kier molecular flexibility index (Phi) is 8.00. The molecule has 1 aliphatic rings. The third-order valence-electron chi connectivity index (χ3n) is 6.17. The standard InChI is InChI=1S/C29H30N4O4/c1-18(34)31-16-6-9-24(30)19-10-13-22(14-11-19)32-27(20-7-4-3-5-8-20)26-23-15-12-21(29(36)37-2)17-25(23)33-28(26)35/h3-5,7-8,10-15,17,24,32H,6,9,16,30H2,1-2H3,(H,31,34)(H,33,35). The normalized spacial score (nSPS) is 14.3. The highest BCUT2D eigenvalue weighted by atomic mass is 16.5. The van der Waals surface area contributed by atoms with E-state index in [1.54, 1.807) is 18.2 Å². The summed E-state index contributed by atoms with van der Waals surface area (Å²) in [7, 11) is 1.32. The maximum absolute atomic E-state index is 13.1. The molecule has 2 amide bonds. The molecular formula is C29H30N4O4. The molecule has 0 saturated heterocycles. The van der Waals surface area contributed by atoms with Crippen molar-refractivity contribution in [3.05, 3.63) is 95.1 Å². The van der Waals surface area contributed by atoms with Gasteiger partial charge in [0.15, 0.2) is 0 Å². The van der Waals surface area contributed by atoms with Gasteiger partial charge in [0.05, 0.1) is 29.6 Å². The minimum Gasteiger partial charge on any atom is -0.465 e. The van der Waals surface area contributed by atoms with Crippen molar-refractivity contribution in [2.75, 3.05) is 24.3 Å². The molecule has 1 unspecified atom stereocenters. The Balaban J connectivity index is 1.62. The van der Waals surface area contributed by atoms with Gasteiger partial charge in [0.1, 0.15) is 0 Å². The number of nitrogens with one attached hydrogen (secondary N) is 3. The highest BCUT2D eigenvalue weighted by molar-refractivity contribution is 6.37.